The molecule has 1 saturated heterocycles. The number of halogens is 1. The number of primary amides is 1. The summed E-state index contributed by atoms with van der Waals surface area (Å²) in [5.74, 6) is -0.922. The molecular formula is C21H24ClN5O3. The Morgan fingerprint density at radius 3 is 2.70 bits per heavy atom. The van der Waals surface area contributed by atoms with Crippen molar-refractivity contribution in [1.29, 1.82) is 0 Å². The summed E-state index contributed by atoms with van der Waals surface area (Å²) in [7, 11) is 1.71. The van der Waals surface area contributed by atoms with Crippen LogP contribution in [0.15, 0.2) is 30.6 Å². The van der Waals surface area contributed by atoms with Gasteiger partial charge in [0.1, 0.15) is 5.69 Å². The first kappa shape index (κ1) is 20.4. The van der Waals surface area contributed by atoms with Gasteiger partial charge in [0.25, 0.3) is 11.8 Å². The van der Waals surface area contributed by atoms with E-state index in [1.54, 1.807) is 18.0 Å². The third kappa shape index (κ3) is 3.45. The highest BCUT2D eigenvalue weighted by atomic mass is 35.5. The normalized spacial score (nSPS) is 23.7. The van der Waals surface area contributed by atoms with Crippen molar-refractivity contribution in [2.24, 2.45) is 11.1 Å². The van der Waals surface area contributed by atoms with E-state index < -0.39 is 5.91 Å². The number of H-pyrrole nitrogens is 1. The van der Waals surface area contributed by atoms with Crippen molar-refractivity contribution in [3.8, 4) is 0 Å². The number of nitrogens with zero attached hydrogens (tertiary/aromatic N) is 3. The van der Waals surface area contributed by atoms with Crippen LogP contribution in [-0.4, -0.2) is 52.2 Å². The molecule has 4 rings (SSSR count). The van der Waals surface area contributed by atoms with Gasteiger partial charge in [-0.3, -0.25) is 14.4 Å². The lowest BCUT2D eigenvalue weighted by molar-refractivity contribution is -0.127. The highest BCUT2D eigenvalue weighted by Crippen LogP contribution is 2.47. The largest absolute Gasteiger partial charge is 0.364 e. The van der Waals surface area contributed by atoms with E-state index in [4.69, 9.17) is 17.3 Å². The van der Waals surface area contributed by atoms with E-state index in [9.17, 15) is 14.4 Å². The summed E-state index contributed by atoms with van der Waals surface area (Å²) in [4.78, 5) is 47.6. The Bertz CT molecular complexity index is 996. The highest BCUT2D eigenvalue weighted by Gasteiger charge is 2.49. The molecule has 9 heteroatoms. The summed E-state index contributed by atoms with van der Waals surface area (Å²) in [5, 5.41) is 0.610. The Labute approximate surface area is 179 Å². The van der Waals surface area contributed by atoms with Crippen LogP contribution in [-0.2, 0) is 4.79 Å². The Hall–Kier alpha value is -2.87. The lowest BCUT2D eigenvalue weighted by Crippen LogP contribution is -2.45. The predicted molar refractivity (Wildman–Crippen MR) is 112 cm³/mol. The lowest BCUT2D eigenvalue weighted by atomic mass is 9.71. The summed E-state index contributed by atoms with van der Waals surface area (Å²) in [6, 6.07) is 7.34. The highest BCUT2D eigenvalue weighted by molar-refractivity contribution is 6.31. The molecule has 2 aromatic rings. The molecule has 0 atom stereocenters. The molecule has 1 aliphatic heterocycles. The molecular weight excluding hydrogens is 406 g/mol. The van der Waals surface area contributed by atoms with Crippen LogP contribution in [0.25, 0.3) is 0 Å². The number of amides is 3. The molecule has 2 heterocycles. The Morgan fingerprint density at radius 1 is 1.30 bits per heavy atom. The zero-order valence-electron chi connectivity index (χ0n) is 16.7. The number of imidazole rings is 1. The molecule has 0 unspecified atom stereocenters. The summed E-state index contributed by atoms with van der Waals surface area (Å²) in [6.45, 7) is 0.674. The van der Waals surface area contributed by atoms with Gasteiger partial charge in [0.15, 0.2) is 5.69 Å². The Morgan fingerprint density at radius 2 is 2.03 bits per heavy atom. The smallest absolute Gasteiger partial charge is 0.274 e. The fourth-order valence-electron chi connectivity index (χ4n) is 4.69. The van der Waals surface area contributed by atoms with Gasteiger partial charge in [0.05, 0.1) is 11.7 Å². The SMILES string of the molecule is CN(C(=O)c1nc[nH]c1C(N)=O)[C@H]1CC[C@@]2(CCN(c3cccc(Cl)c3)C2=O)CC1. The molecule has 158 valence electrons. The van der Waals surface area contributed by atoms with E-state index in [2.05, 4.69) is 9.97 Å². The molecule has 3 N–H and O–H groups in total. The minimum absolute atomic E-state index is 0.0160. The number of hydrogen-bond donors (Lipinski definition) is 2. The molecule has 2 aliphatic rings. The molecule has 0 radical (unpaired) electrons. The number of carbonyl (C=O) groups excluding carboxylic acids is 3. The number of hydrogen-bond acceptors (Lipinski definition) is 4. The topological polar surface area (TPSA) is 112 Å². The molecule has 2 fully saturated rings. The van der Waals surface area contributed by atoms with Gasteiger partial charge in [-0.05, 0) is 50.3 Å². The standard InChI is InChI=1S/C21H24ClN5O3/c1-26(19(29)17-16(18(23)28)24-12-25-17)14-5-7-21(8-6-14)9-10-27(20(21)30)15-4-2-3-13(22)11-15/h2-4,11-12,14H,5-10H2,1H3,(H2,23,28)(H,24,25)/t14-,21-. The summed E-state index contributed by atoms with van der Waals surface area (Å²) in [5.41, 5.74) is 5.81. The van der Waals surface area contributed by atoms with E-state index in [-0.39, 0.29) is 34.7 Å². The number of anilines is 1. The summed E-state index contributed by atoms with van der Waals surface area (Å²) >= 11 is 6.09. The predicted octanol–water partition coefficient (Wildman–Crippen LogP) is 2.60. The van der Waals surface area contributed by atoms with Crippen LogP contribution in [0.5, 0.6) is 0 Å². The van der Waals surface area contributed by atoms with Gasteiger partial charge in [0, 0.05) is 30.3 Å². The van der Waals surface area contributed by atoms with Crippen LogP contribution in [0.1, 0.15) is 53.1 Å². The van der Waals surface area contributed by atoms with Gasteiger partial charge in [-0.25, -0.2) is 4.98 Å². The molecule has 1 spiro atoms. The van der Waals surface area contributed by atoms with Crippen LogP contribution < -0.4 is 10.6 Å². The molecule has 1 aromatic carbocycles. The molecule has 8 nitrogen and oxygen atoms in total. The second-order valence-corrected chi connectivity index (χ2v) is 8.54. The molecule has 3 amide bonds. The van der Waals surface area contributed by atoms with Crippen molar-refractivity contribution < 1.29 is 14.4 Å². The van der Waals surface area contributed by atoms with Gasteiger partial charge in [-0.15, -0.1) is 0 Å². The third-order valence-corrected chi connectivity index (χ3v) is 6.74. The molecule has 0 bridgehead atoms. The Balaban J connectivity index is 1.43. The van der Waals surface area contributed by atoms with Crippen LogP contribution >= 0.6 is 11.6 Å². The van der Waals surface area contributed by atoms with Gasteiger partial charge >= 0.3 is 0 Å². The first-order valence-corrected chi connectivity index (χ1v) is 10.4. The van der Waals surface area contributed by atoms with Gasteiger partial charge in [-0.2, -0.15) is 0 Å². The van der Waals surface area contributed by atoms with Crippen molar-refractivity contribution in [1.82, 2.24) is 14.9 Å². The van der Waals surface area contributed by atoms with Crippen molar-refractivity contribution in [2.75, 3.05) is 18.5 Å². The Kier molecular flexibility index (Phi) is 5.27. The number of carbonyl (C=O) groups is 3. The third-order valence-electron chi connectivity index (χ3n) is 6.50. The molecule has 30 heavy (non-hydrogen) atoms. The number of benzene rings is 1. The number of aromatic amines is 1. The minimum Gasteiger partial charge on any atom is -0.364 e. The quantitative estimate of drug-likeness (QED) is 0.777. The zero-order chi connectivity index (χ0) is 21.5. The maximum absolute atomic E-state index is 13.2. The van der Waals surface area contributed by atoms with E-state index in [0.717, 1.165) is 12.1 Å². The average Bonchev–Trinajstić information content (AvgIpc) is 3.34. The maximum Gasteiger partial charge on any atom is 0.274 e. The number of aromatic nitrogens is 2. The zero-order valence-corrected chi connectivity index (χ0v) is 17.5. The van der Waals surface area contributed by atoms with Gasteiger partial charge in [-0.1, -0.05) is 17.7 Å². The van der Waals surface area contributed by atoms with E-state index in [1.807, 2.05) is 23.1 Å². The van der Waals surface area contributed by atoms with Gasteiger partial charge < -0.3 is 20.5 Å². The second kappa shape index (κ2) is 7.75. The number of rotatable bonds is 4. The van der Waals surface area contributed by atoms with Crippen molar-refractivity contribution in [3.63, 3.8) is 0 Å². The van der Waals surface area contributed by atoms with Crippen molar-refractivity contribution >= 4 is 35.0 Å². The number of nitrogens with one attached hydrogen (secondary N) is 1. The van der Waals surface area contributed by atoms with E-state index in [1.165, 1.54) is 6.33 Å². The van der Waals surface area contributed by atoms with Crippen LogP contribution in [0.2, 0.25) is 5.02 Å². The first-order chi connectivity index (χ1) is 14.3. The molecule has 1 saturated carbocycles. The van der Waals surface area contributed by atoms with Crippen molar-refractivity contribution in [3.05, 3.63) is 47.0 Å². The van der Waals surface area contributed by atoms with Crippen LogP contribution in [0.4, 0.5) is 5.69 Å². The summed E-state index contributed by atoms with van der Waals surface area (Å²) < 4.78 is 0. The fraction of sp³-hybridized carbons (Fsp3) is 0.429. The van der Waals surface area contributed by atoms with Crippen molar-refractivity contribution in [2.45, 2.75) is 38.1 Å². The molecule has 1 aromatic heterocycles. The second-order valence-electron chi connectivity index (χ2n) is 8.10. The summed E-state index contributed by atoms with van der Waals surface area (Å²) in [6.07, 6.45) is 4.96. The van der Waals surface area contributed by atoms with Gasteiger partial charge in [0.2, 0.25) is 5.91 Å². The van der Waals surface area contributed by atoms with Crippen LogP contribution in [0.3, 0.4) is 0 Å². The molecule has 1 aliphatic carbocycles. The fourth-order valence-corrected chi connectivity index (χ4v) is 4.88. The van der Waals surface area contributed by atoms with Crippen LogP contribution in [0, 0.1) is 5.41 Å². The first-order valence-electron chi connectivity index (χ1n) is 10.0. The monoisotopic (exact) mass is 429 g/mol. The minimum atomic E-state index is -0.718. The number of nitrogens with two attached hydrogens (primary N) is 1. The average molecular weight is 430 g/mol. The lowest BCUT2D eigenvalue weighted by Gasteiger charge is -2.39. The van der Waals surface area contributed by atoms with E-state index >= 15 is 0 Å². The maximum atomic E-state index is 13.2. The van der Waals surface area contributed by atoms with E-state index in [0.29, 0.717) is 37.3 Å².